The van der Waals surface area contributed by atoms with Gasteiger partial charge >= 0.3 is 0 Å². The first-order valence-corrected chi connectivity index (χ1v) is 8.42. The van der Waals surface area contributed by atoms with Crippen LogP contribution in [0.2, 0.25) is 0 Å². The molecule has 1 saturated carbocycles. The number of hydrogen-bond donors (Lipinski definition) is 1. The molecular weight excluding hydrogens is 288 g/mol. The van der Waals surface area contributed by atoms with Gasteiger partial charge in [0.2, 0.25) is 5.91 Å². The lowest BCUT2D eigenvalue weighted by Crippen LogP contribution is -2.49. The zero-order chi connectivity index (χ0) is 13.8. The average molecular weight is 313 g/mol. The van der Waals surface area contributed by atoms with Gasteiger partial charge in [-0.1, -0.05) is 12.8 Å². The van der Waals surface area contributed by atoms with Crippen molar-refractivity contribution in [1.82, 2.24) is 10.2 Å². The van der Waals surface area contributed by atoms with Crippen molar-refractivity contribution in [3.63, 3.8) is 0 Å². The predicted octanol–water partition coefficient (Wildman–Crippen LogP) is 0.832. The zero-order valence-electron chi connectivity index (χ0n) is 11.9. The molecule has 0 aromatic rings. The molecule has 1 amide bonds. The molecule has 0 bridgehead atoms. The van der Waals surface area contributed by atoms with Crippen LogP contribution in [0.3, 0.4) is 0 Å². The summed E-state index contributed by atoms with van der Waals surface area (Å²) in [6.45, 7) is 0.624. The van der Waals surface area contributed by atoms with Crippen LogP contribution < -0.4 is 5.32 Å². The number of nitrogens with one attached hydrogen (secondary N) is 1. The molecule has 0 aliphatic heterocycles. The molecule has 2 unspecified atom stereocenters. The first kappa shape index (κ1) is 18.7. The van der Waals surface area contributed by atoms with Crippen molar-refractivity contribution in [3.05, 3.63) is 0 Å². The normalized spacial score (nSPS) is 23.5. The first-order valence-electron chi connectivity index (χ1n) is 6.47. The summed E-state index contributed by atoms with van der Waals surface area (Å²) >= 11 is 0. The van der Waals surface area contributed by atoms with Crippen molar-refractivity contribution in [2.24, 2.45) is 0 Å². The van der Waals surface area contributed by atoms with Crippen LogP contribution in [0.15, 0.2) is 0 Å². The van der Waals surface area contributed by atoms with Crippen LogP contribution >= 0.6 is 12.4 Å². The molecule has 0 aromatic heterocycles. The Morgan fingerprint density at radius 1 is 1.32 bits per heavy atom. The van der Waals surface area contributed by atoms with Gasteiger partial charge in [-0.3, -0.25) is 4.79 Å². The van der Waals surface area contributed by atoms with E-state index in [1.807, 2.05) is 0 Å². The lowest BCUT2D eigenvalue weighted by atomic mass is 9.93. The molecule has 2 atom stereocenters. The van der Waals surface area contributed by atoms with Crippen LogP contribution in [0.1, 0.15) is 32.1 Å². The highest BCUT2D eigenvalue weighted by Crippen LogP contribution is 2.27. The summed E-state index contributed by atoms with van der Waals surface area (Å²) in [7, 11) is 0.444. The maximum absolute atomic E-state index is 12.0. The second kappa shape index (κ2) is 8.07. The summed E-state index contributed by atoms with van der Waals surface area (Å²) in [5.74, 6) is 0.0184. The Morgan fingerprint density at radius 3 is 2.42 bits per heavy atom. The van der Waals surface area contributed by atoms with Gasteiger partial charge in [0.15, 0.2) is 9.84 Å². The second-order valence-electron chi connectivity index (χ2n) is 5.08. The molecule has 0 heterocycles. The van der Waals surface area contributed by atoms with E-state index in [1.165, 1.54) is 6.26 Å². The Labute approximate surface area is 122 Å². The Balaban J connectivity index is 0.00000324. The molecule has 114 valence electrons. The first-order chi connectivity index (χ1) is 8.38. The van der Waals surface area contributed by atoms with Gasteiger partial charge in [-0.15, -0.1) is 12.4 Å². The number of rotatable bonds is 5. The smallest absolute Gasteiger partial charge is 0.223 e. The number of amides is 1. The van der Waals surface area contributed by atoms with E-state index < -0.39 is 15.1 Å². The summed E-state index contributed by atoms with van der Waals surface area (Å²) in [5, 5.41) is 2.54. The van der Waals surface area contributed by atoms with Gasteiger partial charge in [-0.05, 0) is 19.9 Å². The molecule has 1 aliphatic rings. The van der Waals surface area contributed by atoms with Gasteiger partial charge in [-0.2, -0.15) is 0 Å². The predicted molar refractivity (Wildman–Crippen MR) is 79.4 cm³/mol. The average Bonchev–Trinajstić information content (AvgIpc) is 2.34. The summed E-state index contributed by atoms with van der Waals surface area (Å²) < 4.78 is 23.6. The molecule has 0 saturated heterocycles. The molecule has 5 nitrogen and oxygen atoms in total. The van der Waals surface area contributed by atoms with E-state index in [9.17, 15) is 13.2 Å². The summed E-state index contributed by atoms with van der Waals surface area (Å²) in [6.07, 6.45) is 5.10. The van der Waals surface area contributed by atoms with Gasteiger partial charge in [-0.25, -0.2) is 8.42 Å². The third kappa shape index (κ3) is 5.28. The lowest BCUT2D eigenvalue weighted by Gasteiger charge is -2.37. The van der Waals surface area contributed by atoms with Crippen molar-refractivity contribution in [2.45, 2.75) is 43.4 Å². The molecule has 19 heavy (non-hydrogen) atoms. The van der Waals surface area contributed by atoms with E-state index in [2.05, 4.69) is 5.32 Å². The lowest BCUT2D eigenvalue weighted by molar-refractivity contribution is -0.132. The number of carbonyl (C=O) groups excluding carboxylic acids is 1. The Hall–Kier alpha value is -0.330. The molecule has 1 N–H and O–H groups in total. The molecule has 7 heteroatoms. The Morgan fingerprint density at radius 2 is 1.89 bits per heavy atom. The van der Waals surface area contributed by atoms with Gasteiger partial charge in [0.25, 0.3) is 0 Å². The fraction of sp³-hybridized carbons (Fsp3) is 0.917. The highest BCUT2D eigenvalue weighted by molar-refractivity contribution is 7.91. The Kier molecular flexibility index (Phi) is 7.93. The fourth-order valence-electron chi connectivity index (χ4n) is 2.61. The van der Waals surface area contributed by atoms with Crippen molar-refractivity contribution in [3.8, 4) is 0 Å². The van der Waals surface area contributed by atoms with E-state index in [4.69, 9.17) is 0 Å². The van der Waals surface area contributed by atoms with E-state index in [1.54, 1.807) is 19.0 Å². The maximum atomic E-state index is 12.0. The summed E-state index contributed by atoms with van der Waals surface area (Å²) in [6, 6.07) is -0.155. The van der Waals surface area contributed by atoms with Crippen molar-refractivity contribution < 1.29 is 13.2 Å². The quantitative estimate of drug-likeness (QED) is 0.816. The largest absolute Gasteiger partial charge is 0.341 e. The second-order valence-corrected chi connectivity index (χ2v) is 7.34. The molecule has 0 spiro atoms. The highest BCUT2D eigenvalue weighted by Gasteiger charge is 2.36. The fourth-order valence-corrected chi connectivity index (χ4v) is 4.10. The van der Waals surface area contributed by atoms with Crippen molar-refractivity contribution in [2.75, 3.05) is 26.9 Å². The number of nitrogens with zero attached hydrogens (tertiary/aromatic N) is 1. The molecule has 0 aromatic carbocycles. The minimum absolute atomic E-state index is 0. The summed E-state index contributed by atoms with van der Waals surface area (Å²) in [4.78, 5) is 13.6. The molecule has 1 fully saturated rings. The number of halogens is 1. The van der Waals surface area contributed by atoms with Gasteiger partial charge in [0.1, 0.15) is 0 Å². The number of sulfone groups is 1. The van der Waals surface area contributed by atoms with Crippen LogP contribution in [0.25, 0.3) is 0 Å². The third-order valence-corrected chi connectivity index (χ3v) is 5.35. The van der Waals surface area contributed by atoms with E-state index in [-0.39, 0.29) is 24.4 Å². The van der Waals surface area contributed by atoms with Crippen LogP contribution in [-0.4, -0.2) is 57.4 Å². The van der Waals surface area contributed by atoms with E-state index in [0.717, 1.165) is 19.3 Å². The standard InChI is InChI=1S/C12H24N2O3S.ClH/c1-13-9-8-12(15)14(2)10-6-4-5-7-11(10)18(3,16)17;/h10-11,13H,4-9H2,1-3H3;1H. The number of hydrogen-bond acceptors (Lipinski definition) is 4. The highest BCUT2D eigenvalue weighted by atomic mass is 35.5. The van der Waals surface area contributed by atoms with E-state index in [0.29, 0.717) is 19.4 Å². The van der Waals surface area contributed by atoms with Crippen molar-refractivity contribution >= 4 is 28.2 Å². The minimum Gasteiger partial charge on any atom is -0.341 e. The zero-order valence-corrected chi connectivity index (χ0v) is 13.5. The number of carbonyl (C=O) groups is 1. The van der Waals surface area contributed by atoms with Crippen LogP contribution in [0, 0.1) is 0 Å². The third-order valence-electron chi connectivity index (χ3n) is 3.70. The van der Waals surface area contributed by atoms with Gasteiger partial charge in [0.05, 0.1) is 5.25 Å². The molecule has 1 rings (SSSR count). The molecule has 1 aliphatic carbocycles. The van der Waals surface area contributed by atoms with Crippen LogP contribution in [0.5, 0.6) is 0 Å². The minimum atomic E-state index is -3.08. The van der Waals surface area contributed by atoms with Gasteiger partial charge in [0, 0.05) is 32.3 Å². The topological polar surface area (TPSA) is 66.5 Å². The summed E-state index contributed by atoms with van der Waals surface area (Å²) in [5.41, 5.74) is 0. The van der Waals surface area contributed by atoms with Gasteiger partial charge < -0.3 is 10.2 Å². The maximum Gasteiger partial charge on any atom is 0.223 e. The van der Waals surface area contributed by atoms with Crippen LogP contribution in [0.4, 0.5) is 0 Å². The molecule has 0 radical (unpaired) electrons. The van der Waals surface area contributed by atoms with Crippen LogP contribution in [-0.2, 0) is 14.6 Å². The van der Waals surface area contributed by atoms with E-state index >= 15 is 0 Å². The molecular formula is C12H25ClN2O3S. The SMILES string of the molecule is CNCCC(=O)N(C)C1CCCCC1S(C)(=O)=O.Cl. The Bertz CT molecular complexity index is 386. The monoisotopic (exact) mass is 312 g/mol. The van der Waals surface area contributed by atoms with Crippen molar-refractivity contribution in [1.29, 1.82) is 0 Å².